The van der Waals surface area contributed by atoms with Gasteiger partial charge < -0.3 is 15.8 Å². The van der Waals surface area contributed by atoms with Gasteiger partial charge in [0.1, 0.15) is 0 Å². The fourth-order valence-electron chi connectivity index (χ4n) is 1.99. The molecule has 4 nitrogen and oxygen atoms in total. The lowest BCUT2D eigenvalue weighted by Gasteiger charge is -2.32. The molecule has 1 aliphatic rings. The summed E-state index contributed by atoms with van der Waals surface area (Å²) in [6.07, 6.45) is 4.00. The normalized spacial score (nSPS) is 23.6. The summed E-state index contributed by atoms with van der Waals surface area (Å²) in [5, 5.41) is 3.33. The van der Waals surface area contributed by atoms with E-state index in [4.69, 9.17) is 10.5 Å². The van der Waals surface area contributed by atoms with Crippen LogP contribution in [0, 0.1) is 5.92 Å². The Morgan fingerprint density at radius 3 is 3.06 bits per heavy atom. The summed E-state index contributed by atoms with van der Waals surface area (Å²) in [4.78, 5) is 4.28. The van der Waals surface area contributed by atoms with Gasteiger partial charge in [0, 0.05) is 18.8 Å². The van der Waals surface area contributed by atoms with Crippen molar-refractivity contribution in [3.05, 3.63) is 18.3 Å². The summed E-state index contributed by atoms with van der Waals surface area (Å²) in [7, 11) is 0. The molecule has 0 aliphatic heterocycles. The minimum absolute atomic E-state index is 0.405. The molecule has 3 N–H and O–H groups in total. The fraction of sp³-hybridized carbons (Fsp3) is 0.583. The average Bonchev–Trinajstić information content (AvgIpc) is 2.25. The highest BCUT2D eigenvalue weighted by Crippen LogP contribution is 2.27. The molecule has 1 aromatic rings. The summed E-state index contributed by atoms with van der Waals surface area (Å²) in [6.45, 7) is 3.57. The Bertz CT molecular complexity index is 337. The van der Waals surface area contributed by atoms with Crippen molar-refractivity contribution >= 4 is 5.82 Å². The topological polar surface area (TPSA) is 60.2 Å². The Morgan fingerprint density at radius 1 is 1.56 bits per heavy atom. The molecule has 0 bridgehead atoms. The van der Waals surface area contributed by atoms with Crippen molar-refractivity contribution in [2.24, 2.45) is 11.7 Å². The first-order valence-corrected chi connectivity index (χ1v) is 5.87. The van der Waals surface area contributed by atoms with Crippen molar-refractivity contribution in [1.82, 2.24) is 4.98 Å². The van der Waals surface area contributed by atoms with Crippen molar-refractivity contribution in [2.45, 2.75) is 25.8 Å². The molecule has 0 radical (unpaired) electrons. The number of nitrogens with one attached hydrogen (secondary N) is 1. The van der Waals surface area contributed by atoms with Crippen LogP contribution in [0.5, 0.6) is 5.75 Å². The molecule has 1 aliphatic carbocycles. The standard InChI is InChI=1S/C12H19N3O/c1-2-16-11-4-3-5-14-12(11)15-8-9-6-10(13)7-9/h3-5,9-10H,2,6-8,13H2,1H3,(H,14,15). The maximum absolute atomic E-state index is 5.75. The first kappa shape index (κ1) is 11.2. The summed E-state index contributed by atoms with van der Waals surface area (Å²) >= 11 is 0. The highest BCUT2D eigenvalue weighted by molar-refractivity contribution is 5.49. The lowest BCUT2D eigenvalue weighted by Crippen LogP contribution is -2.39. The van der Waals surface area contributed by atoms with Crippen LogP contribution in [-0.4, -0.2) is 24.2 Å². The van der Waals surface area contributed by atoms with Gasteiger partial charge in [-0.15, -0.1) is 0 Å². The van der Waals surface area contributed by atoms with E-state index < -0.39 is 0 Å². The molecular weight excluding hydrogens is 202 g/mol. The summed E-state index contributed by atoms with van der Waals surface area (Å²) < 4.78 is 5.49. The lowest BCUT2D eigenvalue weighted by molar-refractivity contribution is 0.279. The number of aromatic nitrogens is 1. The third-order valence-electron chi connectivity index (χ3n) is 2.90. The number of pyridine rings is 1. The first-order chi connectivity index (χ1) is 7.79. The third-order valence-corrected chi connectivity index (χ3v) is 2.90. The van der Waals surface area contributed by atoms with Crippen molar-refractivity contribution in [3.8, 4) is 5.75 Å². The van der Waals surface area contributed by atoms with E-state index in [2.05, 4.69) is 10.3 Å². The van der Waals surface area contributed by atoms with E-state index in [1.165, 1.54) is 0 Å². The zero-order valence-corrected chi connectivity index (χ0v) is 9.65. The SMILES string of the molecule is CCOc1cccnc1NCC1CC(N)C1. The smallest absolute Gasteiger partial charge is 0.168 e. The van der Waals surface area contributed by atoms with Crippen LogP contribution in [0.25, 0.3) is 0 Å². The highest BCUT2D eigenvalue weighted by atomic mass is 16.5. The number of rotatable bonds is 5. The second-order valence-electron chi connectivity index (χ2n) is 4.26. The largest absolute Gasteiger partial charge is 0.490 e. The molecule has 1 heterocycles. The first-order valence-electron chi connectivity index (χ1n) is 5.87. The number of anilines is 1. The van der Waals surface area contributed by atoms with Crippen LogP contribution >= 0.6 is 0 Å². The van der Waals surface area contributed by atoms with Gasteiger partial charge in [-0.05, 0) is 37.8 Å². The van der Waals surface area contributed by atoms with Gasteiger partial charge in [0.2, 0.25) is 0 Å². The van der Waals surface area contributed by atoms with E-state index in [9.17, 15) is 0 Å². The molecule has 88 valence electrons. The van der Waals surface area contributed by atoms with Crippen LogP contribution in [0.3, 0.4) is 0 Å². The van der Waals surface area contributed by atoms with Gasteiger partial charge in [-0.3, -0.25) is 0 Å². The predicted molar refractivity (Wildman–Crippen MR) is 64.6 cm³/mol. The molecule has 4 heteroatoms. The minimum Gasteiger partial charge on any atom is -0.490 e. The van der Waals surface area contributed by atoms with Gasteiger partial charge in [-0.2, -0.15) is 0 Å². The molecule has 0 aromatic carbocycles. The van der Waals surface area contributed by atoms with Gasteiger partial charge in [0.15, 0.2) is 11.6 Å². The zero-order chi connectivity index (χ0) is 11.4. The van der Waals surface area contributed by atoms with Crippen LogP contribution in [-0.2, 0) is 0 Å². The highest BCUT2D eigenvalue weighted by Gasteiger charge is 2.25. The molecule has 1 fully saturated rings. The van der Waals surface area contributed by atoms with Crippen LogP contribution < -0.4 is 15.8 Å². The minimum atomic E-state index is 0.405. The van der Waals surface area contributed by atoms with Crippen molar-refractivity contribution in [1.29, 1.82) is 0 Å². The number of hydrogen-bond donors (Lipinski definition) is 2. The molecule has 0 saturated heterocycles. The van der Waals surface area contributed by atoms with E-state index in [0.29, 0.717) is 18.6 Å². The van der Waals surface area contributed by atoms with E-state index in [-0.39, 0.29) is 0 Å². The fourth-order valence-corrected chi connectivity index (χ4v) is 1.99. The lowest BCUT2D eigenvalue weighted by atomic mass is 9.81. The van der Waals surface area contributed by atoms with Gasteiger partial charge in [0.05, 0.1) is 6.61 Å². The molecule has 1 saturated carbocycles. The maximum Gasteiger partial charge on any atom is 0.168 e. The van der Waals surface area contributed by atoms with Crippen LogP contribution in [0.15, 0.2) is 18.3 Å². The molecule has 1 aromatic heterocycles. The van der Waals surface area contributed by atoms with Gasteiger partial charge in [0.25, 0.3) is 0 Å². The molecule has 0 spiro atoms. The summed E-state index contributed by atoms with van der Waals surface area (Å²) in [5.41, 5.74) is 5.75. The van der Waals surface area contributed by atoms with Gasteiger partial charge in [-0.25, -0.2) is 4.98 Å². The summed E-state index contributed by atoms with van der Waals surface area (Å²) in [6, 6.07) is 4.22. The second kappa shape index (κ2) is 5.16. The van der Waals surface area contributed by atoms with E-state index in [1.54, 1.807) is 6.20 Å². The molecule has 0 amide bonds. The van der Waals surface area contributed by atoms with Crippen molar-refractivity contribution < 1.29 is 4.74 Å². The second-order valence-corrected chi connectivity index (χ2v) is 4.26. The maximum atomic E-state index is 5.75. The van der Waals surface area contributed by atoms with E-state index in [0.717, 1.165) is 31.0 Å². The Balaban J connectivity index is 1.87. The van der Waals surface area contributed by atoms with E-state index >= 15 is 0 Å². The number of ether oxygens (including phenoxy) is 1. The molecule has 0 unspecified atom stereocenters. The van der Waals surface area contributed by atoms with Gasteiger partial charge in [-0.1, -0.05) is 0 Å². The predicted octanol–water partition coefficient (Wildman–Crippen LogP) is 1.63. The third kappa shape index (κ3) is 2.64. The van der Waals surface area contributed by atoms with Gasteiger partial charge >= 0.3 is 0 Å². The van der Waals surface area contributed by atoms with E-state index in [1.807, 2.05) is 19.1 Å². The van der Waals surface area contributed by atoms with Crippen LogP contribution in [0.4, 0.5) is 5.82 Å². The quantitative estimate of drug-likeness (QED) is 0.793. The van der Waals surface area contributed by atoms with Crippen LogP contribution in [0.1, 0.15) is 19.8 Å². The Hall–Kier alpha value is -1.29. The number of nitrogens with two attached hydrogens (primary N) is 1. The number of nitrogens with zero attached hydrogens (tertiary/aromatic N) is 1. The molecule has 0 atom stereocenters. The Labute approximate surface area is 96.2 Å². The molecule has 2 rings (SSSR count). The zero-order valence-electron chi connectivity index (χ0n) is 9.65. The molecular formula is C12H19N3O. The van der Waals surface area contributed by atoms with Crippen molar-refractivity contribution in [3.63, 3.8) is 0 Å². The summed E-state index contributed by atoms with van der Waals surface area (Å²) in [5.74, 6) is 2.35. The number of hydrogen-bond acceptors (Lipinski definition) is 4. The molecule has 16 heavy (non-hydrogen) atoms. The van der Waals surface area contributed by atoms with Crippen molar-refractivity contribution in [2.75, 3.05) is 18.5 Å². The Kier molecular flexibility index (Phi) is 3.62. The average molecular weight is 221 g/mol. The van der Waals surface area contributed by atoms with Crippen LogP contribution in [0.2, 0.25) is 0 Å². The monoisotopic (exact) mass is 221 g/mol. The Morgan fingerprint density at radius 2 is 2.38 bits per heavy atom.